The molecule has 1 aromatic rings. The summed E-state index contributed by atoms with van der Waals surface area (Å²) in [6, 6.07) is 1.73. The smallest absolute Gasteiger partial charge is 0.253 e. The summed E-state index contributed by atoms with van der Waals surface area (Å²) >= 11 is 1.33. The van der Waals surface area contributed by atoms with E-state index in [2.05, 4.69) is 0 Å². The van der Waals surface area contributed by atoms with Crippen molar-refractivity contribution in [2.24, 2.45) is 5.73 Å². The molecule has 2 N–H and O–H groups in total. The molecule has 2 heterocycles. The third-order valence-electron chi connectivity index (χ3n) is 3.76. The van der Waals surface area contributed by atoms with Crippen LogP contribution in [0.4, 0.5) is 0 Å². The second kappa shape index (κ2) is 7.39. The van der Waals surface area contributed by atoms with Crippen molar-refractivity contribution in [2.75, 3.05) is 20.2 Å². The molecule has 1 saturated heterocycles. The number of nitrogens with zero attached hydrogens (tertiary/aromatic N) is 1. The molecular weight excluding hydrogens is 332 g/mol. The molecule has 0 saturated carbocycles. The van der Waals surface area contributed by atoms with Gasteiger partial charge in [-0.25, -0.2) is 8.42 Å². The van der Waals surface area contributed by atoms with Crippen molar-refractivity contribution in [3.8, 4) is 0 Å². The largest absolute Gasteiger partial charge is 0.381 e. The van der Waals surface area contributed by atoms with Gasteiger partial charge >= 0.3 is 0 Å². The average molecular weight is 355 g/mol. The Kier molecular flexibility index (Phi) is 6.64. The van der Waals surface area contributed by atoms with Crippen LogP contribution < -0.4 is 5.73 Å². The minimum atomic E-state index is -3.45. The molecule has 0 aliphatic carbocycles. The fourth-order valence-electron chi connectivity index (χ4n) is 2.72. The lowest BCUT2D eigenvalue weighted by atomic mass is 10.0. The van der Waals surface area contributed by atoms with E-state index in [0.717, 1.165) is 16.9 Å². The Labute approximate surface area is 136 Å². The molecule has 1 fully saturated rings. The molecule has 0 spiro atoms. The summed E-state index contributed by atoms with van der Waals surface area (Å²) in [6.07, 6.45) is 1.48. The molecule has 8 heteroatoms. The molecule has 0 bridgehead atoms. The van der Waals surface area contributed by atoms with E-state index in [1.165, 1.54) is 11.3 Å². The SMILES string of the molecule is COC1CCN(S(=O)(=O)c2sc(C)cc2C)C(CN)C1.Cl. The van der Waals surface area contributed by atoms with Crippen molar-refractivity contribution < 1.29 is 13.2 Å². The first-order valence-corrected chi connectivity index (χ1v) is 8.97. The maximum Gasteiger partial charge on any atom is 0.253 e. The minimum absolute atomic E-state index is 0. The molecule has 0 radical (unpaired) electrons. The van der Waals surface area contributed by atoms with Gasteiger partial charge in [0.1, 0.15) is 4.21 Å². The molecule has 0 aromatic carbocycles. The number of halogens is 1. The van der Waals surface area contributed by atoms with Crippen molar-refractivity contribution in [2.45, 2.75) is 43.0 Å². The van der Waals surface area contributed by atoms with Crippen LogP contribution in [0.3, 0.4) is 0 Å². The quantitative estimate of drug-likeness (QED) is 0.896. The molecule has 1 aliphatic rings. The Hall–Kier alpha value is -0.180. The Morgan fingerprint density at radius 3 is 2.62 bits per heavy atom. The zero-order valence-corrected chi connectivity index (χ0v) is 15.0. The Bertz CT molecular complexity index is 574. The Morgan fingerprint density at radius 2 is 2.14 bits per heavy atom. The normalized spacial score (nSPS) is 23.8. The van der Waals surface area contributed by atoms with Gasteiger partial charge in [-0.1, -0.05) is 0 Å². The second-order valence-electron chi connectivity index (χ2n) is 5.21. The van der Waals surface area contributed by atoms with Gasteiger partial charge in [0.05, 0.1) is 6.10 Å². The van der Waals surface area contributed by atoms with E-state index in [1.807, 2.05) is 19.9 Å². The highest BCUT2D eigenvalue weighted by Crippen LogP contribution is 2.32. The highest BCUT2D eigenvalue weighted by atomic mass is 35.5. The number of ether oxygens (including phenoxy) is 1. The Balaban J connectivity index is 0.00000220. The first-order chi connectivity index (χ1) is 9.40. The van der Waals surface area contributed by atoms with Crippen molar-refractivity contribution in [3.05, 3.63) is 16.5 Å². The predicted octanol–water partition coefficient (Wildman–Crippen LogP) is 1.91. The van der Waals surface area contributed by atoms with Gasteiger partial charge in [-0.15, -0.1) is 23.7 Å². The third kappa shape index (κ3) is 3.78. The average Bonchev–Trinajstić information content (AvgIpc) is 2.77. The Morgan fingerprint density at radius 1 is 1.48 bits per heavy atom. The highest BCUT2D eigenvalue weighted by molar-refractivity contribution is 7.91. The molecular formula is C13H23ClN2O3S2. The molecule has 5 nitrogen and oxygen atoms in total. The van der Waals surface area contributed by atoms with E-state index < -0.39 is 10.0 Å². The zero-order valence-electron chi connectivity index (χ0n) is 12.5. The van der Waals surface area contributed by atoms with Gasteiger partial charge in [-0.05, 0) is 38.3 Å². The van der Waals surface area contributed by atoms with Crippen LogP contribution in [0.5, 0.6) is 0 Å². The van der Waals surface area contributed by atoms with Crippen LogP contribution >= 0.6 is 23.7 Å². The van der Waals surface area contributed by atoms with Crippen molar-refractivity contribution in [1.82, 2.24) is 4.31 Å². The van der Waals surface area contributed by atoms with Crippen molar-refractivity contribution in [1.29, 1.82) is 0 Å². The number of methoxy groups -OCH3 is 1. The van der Waals surface area contributed by atoms with Crippen LogP contribution in [0.1, 0.15) is 23.3 Å². The zero-order chi connectivity index (χ0) is 14.9. The van der Waals surface area contributed by atoms with E-state index in [-0.39, 0.29) is 24.6 Å². The van der Waals surface area contributed by atoms with Crippen LogP contribution in [-0.4, -0.2) is 45.1 Å². The summed E-state index contributed by atoms with van der Waals surface area (Å²) in [6.45, 7) is 4.56. The number of hydrogen-bond donors (Lipinski definition) is 1. The fraction of sp³-hybridized carbons (Fsp3) is 0.692. The first kappa shape index (κ1) is 18.9. The second-order valence-corrected chi connectivity index (χ2v) is 8.56. The number of piperidine rings is 1. The number of rotatable bonds is 4. The standard InChI is InChI=1S/C13H22N2O3S2.ClH/c1-9-6-10(2)19-13(9)20(16,17)15-5-4-12(18-3)7-11(15)8-14;/h6,11-12H,4-5,7-8,14H2,1-3H3;1H. The summed E-state index contributed by atoms with van der Waals surface area (Å²) in [7, 11) is -1.79. The summed E-state index contributed by atoms with van der Waals surface area (Å²) in [4.78, 5) is 1.01. The topological polar surface area (TPSA) is 72.6 Å². The van der Waals surface area contributed by atoms with Gasteiger partial charge < -0.3 is 10.5 Å². The summed E-state index contributed by atoms with van der Waals surface area (Å²) in [5.74, 6) is 0. The molecule has 122 valence electrons. The lowest BCUT2D eigenvalue weighted by molar-refractivity contribution is 0.0402. The van der Waals surface area contributed by atoms with Crippen molar-refractivity contribution in [3.63, 3.8) is 0 Å². The first-order valence-electron chi connectivity index (χ1n) is 6.72. The van der Waals surface area contributed by atoms with Gasteiger partial charge in [0.2, 0.25) is 0 Å². The van der Waals surface area contributed by atoms with E-state index in [0.29, 0.717) is 23.7 Å². The minimum Gasteiger partial charge on any atom is -0.381 e. The van der Waals surface area contributed by atoms with Gasteiger partial charge in [0.15, 0.2) is 0 Å². The number of thiophene rings is 1. The maximum absolute atomic E-state index is 12.8. The molecule has 2 atom stereocenters. The van der Waals surface area contributed by atoms with E-state index in [9.17, 15) is 8.42 Å². The van der Waals surface area contributed by atoms with E-state index in [1.54, 1.807) is 11.4 Å². The fourth-order valence-corrected chi connectivity index (χ4v) is 6.16. The van der Waals surface area contributed by atoms with Crippen LogP contribution in [0, 0.1) is 13.8 Å². The monoisotopic (exact) mass is 354 g/mol. The van der Waals surface area contributed by atoms with Gasteiger partial charge in [0.25, 0.3) is 10.0 Å². The molecule has 0 amide bonds. The van der Waals surface area contributed by atoms with Crippen LogP contribution in [0.25, 0.3) is 0 Å². The van der Waals surface area contributed by atoms with Gasteiger partial charge in [-0.2, -0.15) is 4.31 Å². The lowest BCUT2D eigenvalue weighted by Crippen LogP contribution is -2.50. The van der Waals surface area contributed by atoms with Crippen molar-refractivity contribution >= 4 is 33.8 Å². The number of sulfonamides is 1. The van der Waals surface area contributed by atoms with E-state index >= 15 is 0 Å². The summed E-state index contributed by atoms with van der Waals surface area (Å²) < 4.78 is 33.0. The van der Waals surface area contributed by atoms with Gasteiger partial charge in [0, 0.05) is 31.1 Å². The molecule has 1 aliphatic heterocycles. The molecule has 2 rings (SSSR count). The maximum atomic E-state index is 12.8. The third-order valence-corrected chi connectivity index (χ3v) is 7.48. The van der Waals surface area contributed by atoms with Gasteiger partial charge in [-0.3, -0.25) is 0 Å². The molecule has 21 heavy (non-hydrogen) atoms. The number of nitrogens with two attached hydrogens (primary N) is 1. The van der Waals surface area contributed by atoms with Crippen LogP contribution in [-0.2, 0) is 14.8 Å². The lowest BCUT2D eigenvalue weighted by Gasteiger charge is -2.37. The highest BCUT2D eigenvalue weighted by Gasteiger charge is 2.37. The van der Waals surface area contributed by atoms with Crippen LogP contribution in [0.2, 0.25) is 0 Å². The molecule has 2 unspecified atom stereocenters. The molecule has 1 aromatic heterocycles. The summed E-state index contributed by atoms with van der Waals surface area (Å²) in [5.41, 5.74) is 6.59. The predicted molar refractivity (Wildman–Crippen MR) is 87.8 cm³/mol. The van der Waals surface area contributed by atoms with E-state index in [4.69, 9.17) is 10.5 Å². The van der Waals surface area contributed by atoms with Crippen LogP contribution in [0.15, 0.2) is 10.3 Å². The summed E-state index contributed by atoms with van der Waals surface area (Å²) in [5, 5.41) is 0. The number of hydrogen-bond acceptors (Lipinski definition) is 5. The number of aryl methyl sites for hydroxylation is 2.